The van der Waals surface area contributed by atoms with Crippen LogP contribution in [0.5, 0.6) is 5.75 Å². The number of hydrogen-bond donors (Lipinski definition) is 1. The van der Waals surface area contributed by atoms with Crippen LogP contribution in [-0.4, -0.2) is 50.9 Å². The zero-order valence-electron chi connectivity index (χ0n) is 21.8. The molecule has 2 amide bonds. The van der Waals surface area contributed by atoms with Crippen molar-refractivity contribution >= 4 is 39.1 Å². The van der Waals surface area contributed by atoms with E-state index in [1.54, 1.807) is 68.6 Å². The summed E-state index contributed by atoms with van der Waals surface area (Å²) in [5.41, 5.74) is 1.08. The van der Waals surface area contributed by atoms with Gasteiger partial charge in [0.25, 0.3) is 10.0 Å². The molecule has 3 aromatic carbocycles. The SMILES string of the molecule is COc1ccc(CN(C(=O)CN(c2ccccc2)S(=O)(=O)c2ccc(Cl)cc2)[C@H](C)C(=O)NC(C)C)cc1. The molecule has 0 aliphatic carbocycles. The number of methoxy groups -OCH3 is 1. The van der Waals surface area contributed by atoms with E-state index < -0.39 is 28.5 Å². The summed E-state index contributed by atoms with van der Waals surface area (Å²) >= 11 is 5.97. The van der Waals surface area contributed by atoms with Gasteiger partial charge in [0, 0.05) is 17.6 Å². The summed E-state index contributed by atoms with van der Waals surface area (Å²) in [6, 6.07) is 20.2. The van der Waals surface area contributed by atoms with Gasteiger partial charge in [-0.15, -0.1) is 0 Å². The van der Waals surface area contributed by atoms with E-state index in [9.17, 15) is 18.0 Å². The summed E-state index contributed by atoms with van der Waals surface area (Å²) in [6.45, 7) is 4.87. The monoisotopic (exact) mass is 557 g/mol. The van der Waals surface area contributed by atoms with Crippen LogP contribution < -0.4 is 14.4 Å². The number of ether oxygens (including phenoxy) is 1. The number of nitrogens with one attached hydrogen (secondary N) is 1. The molecule has 0 unspecified atom stereocenters. The second-order valence-electron chi connectivity index (χ2n) is 9.01. The minimum absolute atomic E-state index is 0.00847. The molecule has 1 N–H and O–H groups in total. The van der Waals surface area contributed by atoms with Crippen molar-refractivity contribution in [2.24, 2.45) is 0 Å². The lowest BCUT2D eigenvalue weighted by molar-refractivity contribution is -0.139. The highest BCUT2D eigenvalue weighted by Crippen LogP contribution is 2.25. The minimum atomic E-state index is -4.14. The quantitative estimate of drug-likeness (QED) is 0.375. The number of hydrogen-bond acceptors (Lipinski definition) is 5. The van der Waals surface area contributed by atoms with E-state index in [1.807, 2.05) is 13.8 Å². The van der Waals surface area contributed by atoms with Gasteiger partial charge in [0.1, 0.15) is 18.3 Å². The van der Waals surface area contributed by atoms with E-state index in [2.05, 4.69) is 5.32 Å². The van der Waals surface area contributed by atoms with Crippen molar-refractivity contribution in [2.45, 2.75) is 44.3 Å². The van der Waals surface area contributed by atoms with Gasteiger partial charge in [-0.3, -0.25) is 13.9 Å². The predicted molar refractivity (Wildman–Crippen MR) is 149 cm³/mol. The Bertz CT molecular complexity index is 1330. The van der Waals surface area contributed by atoms with E-state index in [1.165, 1.54) is 29.2 Å². The molecule has 1 atom stereocenters. The number of carbonyl (C=O) groups is 2. The molecule has 0 bridgehead atoms. The first-order valence-electron chi connectivity index (χ1n) is 12.1. The van der Waals surface area contributed by atoms with Crippen LogP contribution in [0.1, 0.15) is 26.3 Å². The highest BCUT2D eigenvalue weighted by molar-refractivity contribution is 7.92. The molecule has 0 saturated carbocycles. The summed E-state index contributed by atoms with van der Waals surface area (Å²) in [6.07, 6.45) is 0. The van der Waals surface area contributed by atoms with Crippen molar-refractivity contribution in [3.8, 4) is 5.75 Å². The van der Waals surface area contributed by atoms with Gasteiger partial charge in [-0.05, 0) is 74.9 Å². The Balaban J connectivity index is 1.99. The van der Waals surface area contributed by atoms with Crippen LogP contribution >= 0.6 is 11.6 Å². The third kappa shape index (κ3) is 7.26. The summed E-state index contributed by atoms with van der Waals surface area (Å²) in [5, 5.41) is 3.22. The van der Waals surface area contributed by atoms with E-state index in [4.69, 9.17) is 16.3 Å². The van der Waals surface area contributed by atoms with Gasteiger partial charge >= 0.3 is 0 Å². The highest BCUT2D eigenvalue weighted by Gasteiger charge is 2.32. The van der Waals surface area contributed by atoms with Gasteiger partial charge in [-0.1, -0.05) is 41.9 Å². The maximum atomic E-state index is 13.8. The predicted octanol–water partition coefficient (Wildman–Crippen LogP) is 4.49. The Morgan fingerprint density at radius 1 is 0.921 bits per heavy atom. The summed E-state index contributed by atoms with van der Waals surface area (Å²) < 4.78 is 33.7. The van der Waals surface area contributed by atoms with Crippen molar-refractivity contribution < 1.29 is 22.7 Å². The fraction of sp³-hybridized carbons (Fsp3) is 0.286. The minimum Gasteiger partial charge on any atom is -0.497 e. The molecule has 3 rings (SSSR count). The lowest BCUT2D eigenvalue weighted by Crippen LogP contribution is -2.52. The maximum absolute atomic E-state index is 13.8. The highest BCUT2D eigenvalue weighted by atomic mass is 35.5. The third-order valence-corrected chi connectivity index (χ3v) is 7.87. The number of sulfonamides is 1. The normalized spacial score (nSPS) is 12.1. The van der Waals surface area contributed by atoms with Gasteiger partial charge in [-0.2, -0.15) is 0 Å². The van der Waals surface area contributed by atoms with Gasteiger partial charge in [0.05, 0.1) is 17.7 Å². The Hall–Kier alpha value is -3.56. The third-order valence-electron chi connectivity index (χ3n) is 5.83. The Morgan fingerprint density at radius 2 is 1.53 bits per heavy atom. The number of para-hydroxylation sites is 1. The molecule has 0 aromatic heterocycles. The maximum Gasteiger partial charge on any atom is 0.264 e. The number of halogens is 1. The van der Waals surface area contributed by atoms with Crippen LogP contribution in [0.15, 0.2) is 83.8 Å². The number of anilines is 1. The van der Waals surface area contributed by atoms with Gasteiger partial charge in [0.2, 0.25) is 11.8 Å². The molecule has 0 spiro atoms. The summed E-state index contributed by atoms with van der Waals surface area (Å²) in [7, 11) is -2.58. The standard InChI is InChI=1S/C28H32ClN3O5S/c1-20(2)30-28(34)21(3)31(18-22-10-14-25(37-4)15-11-22)27(33)19-32(24-8-6-5-7-9-24)38(35,36)26-16-12-23(29)13-17-26/h5-17,20-21H,18-19H2,1-4H3,(H,30,34)/t21-/m1/s1. The van der Waals surface area contributed by atoms with E-state index >= 15 is 0 Å². The second kappa shape index (κ2) is 12.8. The molecule has 8 nitrogen and oxygen atoms in total. The smallest absolute Gasteiger partial charge is 0.264 e. The fourth-order valence-electron chi connectivity index (χ4n) is 3.77. The molecule has 38 heavy (non-hydrogen) atoms. The molecule has 202 valence electrons. The molecule has 10 heteroatoms. The molecule has 0 aliphatic rings. The molecule has 0 aliphatic heterocycles. The van der Waals surface area contributed by atoms with Crippen molar-refractivity contribution in [1.82, 2.24) is 10.2 Å². The van der Waals surface area contributed by atoms with Crippen molar-refractivity contribution in [3.05, 3.63) is 89.4 Å². The molecular weight excluding hydrogens is 526 g/mol. The van der Waals surface area contributed by atoms with Crippen LogP contribution in [0.4, 0.5) is 5.69 Å². The van der Waals surface area contributed by atoms with Gasteiger partial charge in [0.15, 0.2) is 0 Å². The van der Waals surface area contributed by atoms with Crippen LogP contribution in [0, 0.1) is 0 Å². The Kier molecular flexibility index (Phi) is 9.77. The average Bonchev–Trinajstić information content (AvgIpc) is 2.90. The van der Waals surface area contributed by atoms with E-state index in [0.29, 0.717) is 16.5 Å². The molecule has 0 fully saturated rings. The number of amides is 2. The first-order chi connectivity index (χ1) is 18.0. The lowest BCUT2D eigenvalue weighted by Gasteiger charge is -2.32. The average molecular weight is 558 g/mol. The summed E-state index contributed by atoms with van der Waals surface area (Å²) in [5.74, 6) is -0.219. The number of benzene rings is 3. The first kappa shape index (κ1) is 29.0. The molecule has 0 radical (unpaired) electrons. The van der Waals surface area contributed by atoms with Crippen LogP contribution in [0.25, 0.3) is 0 Å². The van der Waals surface area contributed by atoms with Crippen LogP contribution in [-0.2, 0) is 26.2 Å². The van der Waals surface area contributed by atoms with Gasteiger partial charge in [-0.25, -0.2) is 8.42 Å². The Labute approximate surface area is 229 Å². The van der Waals surface area contributed by atoms with Crippen LogP contribution in [0.2, 0.25) is 5.02 Å². The number of nitrogens with zero attached hydrogens (tertiary/aromatic N) is 2. The van der Waals surface area contributed by atoms with Crippen molar-refractivity contribution in [1.29, 1.82) is 0 Å². The van der Waals surface area contributed by atoms with Crippen molar-refractivity contribution in [3.63, 3.8) is 0 Å². The zero-order valence-corrected chi connectivity index (χ0v) is 23.4. The molecular formula is C28H32ClN3O5S. The van der Waals surface area contributed by atoms with Gasteiger partial charge < -0.3 is 15.0 Å². The van der Waals surface area contributed by atoms with E-state index in [0.717, 1.165) is 9.87 Å². The fourth-order valence-corrected chi connectivity index (χ4v) is 5.31. The second-order valence-corrected chi connectivity index (χ2v) is 11.3. The molecule has 0 saturated heterocycles. The van der Waals surface area contributed by atoms with Crippen LogP contribution in [0.3, 0.4) is 0 Å². The number of rotatable bonds is 11. The molecule has 0 heterocycles. The number of carbonyl (C=O) groups excluding carboxylic acids is 2. The van der Waals surface area contributed by atoms with Crippen molar-refractivity contribution in [2.75, 3.05) is 18.0 Å². The first-order valence-corrected chi connectivity index (χ1v) is 13.9. The van der Waals surface area contributed by atoms with E-state index in [-0.39, 0.29) is 23.4 Å². The lowest BCUT2D eigenvalue weighted by atomic mass is 10.1. The summed E-state index contributed by atoms with van der Waals surface area (Å²) in [4.78, 5) is 28.1. The Morgan fingerprint density at radius 3 is 2.08 bits per heavy atom. The zero-order chi connectivity index (χ0) is 27.9. The topological polar surface area (TPSA) is 96.0 Å². The molecule has 3 aromatic rings. The largest absolute Gasteiger partial charge is 0.497 e.